The summed E-state index contributed by atoms with van der Waals surface area (Å²) in [6.45, 7) is -0.615. The summed E-state index contributed by atoms with van der Waals surface area (Å²) in [5.41, 5.74) is 1.53. The molecule has 0 aliphatic carbocycles. The molecule has 0 saturated carbocycles. The normalized spacial score (nSPS) is 11.6. The van der Waals surface area contributed by atoms with Gasteiger partial charge in [0.05, 0.1) is 10.6 Å². The summed E-state index contributed by atoms with van der Waals surface area (Å²) in [7, 11) is -4.20. The number of anilines is 2. The number of fused-ring (bicyclic) bond motifs is 3. The first-order chi connectivity index (χ1) is 16.4. The Balaban J connectivity index is 1.46. The van der Waals surface area contributed by atoms with Crippen LogP contribution in [0.15, 0.2) is 106 Å². The Morgan fingerprint density at radius 2 is 1.50 bits per heavy atom. The second-order valence-corrected chi connectivity index (χ2v) is 9.50. The molecule has 6 nitrogen and oxygen atoms in total. The number of nitrogens with one attached hydrogen (secondary N) is 1. The fraction of sp³-hybridized carbons (Fsp3) is 0.0385. The van der Waals surface area contributed by atoms with Gasteiger partial charge in [0.15, 0.2) is 0 Å². The molecule has 0 saturated heterocycles. The molecule has 0 bridgehead atoms. The van der Waals surface area contributed by atoms with Gasteiger partial charge in [-0.25, -0.2) is 12.8 Å². The average molecular weight is 475 g/mol. The van der Waals surface area contributed by atoms with Crippen molar-refractivity contribution in [1.82, 2.24) is 0 Å². The van der Waals surface area contributed by atoms with Crippen molar-refractivity contribution >= 4 is 49.2 Å². The minimum atomic E-state index is -4.20. The molecule has 0 aliphatic heterocycles. The molecule has 170 valence electrons. The minimum absolute atomic E-state index is 0.0465. The van der Waals surface area contributed by atoms with Crippen LogP contribution in [-0.2, 0) is 14.8 Å². The third-order valence-electron chi connectivity index (χ3n) is 5.40. The quantitative estimate of drug-likeness (QED) is 0.350. The monoisotopic (exact) mass is 474 g/mol. The highest BCUT2D eigenvalue weighted by atomic mass is 32.2. The molecular formula is C26H19FN2O4S. The molecule has 0 aliphatic rings. The minimum Gasteiger partial charge on any atom is -0.456 e. The zero-order valence-corrected chi connectivity index (χ0v) is 18.6. The number of rotatable bonds is 6. The van der Waals surface area contributed by atoms with Gasteiger partial charge < -0.3 is 9.73 Å². The van der Waals surface area contributed by atoms with Gasteiger partial charge in [0, 0.05) is 22.5 Å². The van der Waals surface area contributed by atoms with Gasteiger partial charge >= 0.3 is 0 Å². The second kappa shape index (κ2) is 8.64. The lowest BCUT2D eigenvalue weighted by Gasteiger charge is -2.24. The third-order valence-corrected chi connectivity index (χ3v) is 7.18. The van der Waals surface area contributed by atoms with Gasteiger partial charge in [0.1, 0.15) is 23.5 Å². The van der Waals surface area contributed by atoms with Gasteiger partial charge in [-0.15, -0.1) is 0 Å². The summed E-state index contributed by atoms with van der Waals surface area (Å²) in [5.74, 6) is -1.38. The van der Waals surface area contributed by atoms with Crippen LogP contribution in [0.1, 0.15) is 0 Å². The second-order valence-electron chi connectivity index (χ2n) is 7.63. The molecule has 0 fully saturated rings. The number of hydrogen-bond donors (Lipinski definition) is 1. The lowest BCUT2D eigenvalue weighted by atomic mass is 10.1. The number of carbonyl (C=O) groups excluding carboxylic acids is 1. The molecule has 5 rings (SSSR count). The SMILES string of the molecule is O=C(CN(c1ccccc1F)S(=O)(=O)c1ccccc1)Nc1ccc2c(c1)oc1ccccc12. The van der Waals surface area contributed by atoms with Crippen molar-refractivity contribution in [3.63, 3.8) is 0 Å². The Morgan fingerprint density at radius 3 is 2.29 bits per heavy atom. The van der Waals surface area contributed by atoms with E-state index in [0.29, 0.717) is 11.3 Å². The Hall–Kier alpha value is -4.17. The summed E-state index contributed by atoms with van der Waals surface area (Å²) in [6, 6.07) is 25.8. The van der Waals surface area contributed by atoms with E-state index in [2.05, 4.69) is 5.32 Å². The van der Waals surface area contributed by atoms with Crippen LogP contribution < -0.4 is 9.62 Å². The number of halogens is 1. The summed E-state index contributed by atoms with van der Waals surface area (Å²) < 4.78 is 47.8. The molecule has 0 radical (unpaired) electrons. The largest absolute Gasteiger partial charge is 0.456 e. The number of furan rings is 1. The predicted octanol–water partition coefficient (Wildman–Crippen LogP) is 5.56. The summed E-state index contributed by atoms with van der Waals surface area (Å²) >= 11 is 0. The number of amides is 1. The Bertz CT molecular complexity index is 1610. The molecule has 1 N–H and O–H groups in total. The highest BCUT2D eigenvalue weighted by Crippen LogP contribution is 2.31. The number of nitrogens with zero attached hydrogens (tertiary/aromatic N) is 1. The van der Waals surface area contributed by atoms with E-state index in [1.165, 1.54) is 30.3 Å². The Morgan fingerprint density at radius 1 is 0.824 bits per heavy atom. The van der Waals surface area contributed by atoms with Crippen molar-refractivity contribution < 1.29 is 22.0 Å². The molecule has 1 aromatic heterocycles. The topological polar surface area (TPSA) is 79.6 Å². The van der Waals surface area contributed by atoms with Crippen LogP contribution in [0.5, 0.6) is 0 Å². The van der Waals surface area contributed by atoms with E-state index in [1.54, 1.807) is 30.3 Å². The van der Waals surface area contributed by atoms with E-state index in [9.17, 15) is 17.6 Å². The van der Waals surface area contributed by atoms with Crippen molar-refractivity contribution in [3.8, 4) is 0 Å². The molecule has 0 atom stereocenters. The van der Waals surface area contributed by atoms with Gasteiger partial charge in [-0.3, -0.25) is 9.10 Å². The van der Waals surface area contributed by atoms with Crippen molar-refractivity contribution in [2.24, 2.45) is 0 Å². The van der Waals surface area contributed by atoms with Crippen LogP contribution in [0.3, 0.4) is 0 Å². The van der Waals surface area contributed by atoms with Crippen molar-refractivity contribution in [3.05, 3.63) is 103 Å². The molecule has 1 heterocycles. The van der Waals surface area contributed by atoms with E-state index in [1.807, 2.05) is 30.3 Å². The first kappa shape index (κ1) is 21.7. The maximum Gasteiger partial charge on any atom is 0.264 e. The maximum atomic E-state index is 14.6. The predicted molar refractivity (Wildman–Crippen MR) is 130 cm³/mol. The zero-order chi connectivity index (χ0) is 23.7. The molecule has 34 heavy (non-hydrogen) atoms. The highest BCUT2D eigenvalue weighted by Gasteiger charge is 2.29. The van der Waals surface area contributed by atoms with Crippen LogP contribution in [0.2, 0.25) is 0 Å². The molecule has 4 aromatic carbocycles. The Labute approximate surface area is 195 Å². The summed E-state index contributed by atoms with van der Waals surface area (Å²) in [5, 5.41) is 4.54. The molecule has 5 aromatic rings. The molecule has 1 amide bonds. The van der Waals surface area contributed by atoms with Crippen molar-refractivity contribution in [1.29, 1.82) is 0 Å². The van der Waals surface area contributed by atoms with Crippen molar-refractivity contribution in [2.45, 2.75) is 4.90 Å². The average Bonchev–Trinajstić information content (AvgIpc) is 3.21. The standard InChI is InChI=1S/C26H19FN2O4S/c27-22-11-5-6-12-23(22)29(34(31,32)19-8-2-1-3-9-19)17-26(30)28-18-14-15-21-20-10-4-7-13-24(20)33-25(21)16-18/h1-16H,17H2,(H,28,30). The van der Waals surface area contributed by atoms with Gasteiger partial charge in [-0.05, 0) is 42.5 Å². The first-order valence-corrected chi connectivity index (χ1v) is 11.9. The lowest BCUT2D eigenvalue weighted by Crippen LogP contribution is -2.38. The Kier molecular flexibility index (Phi) is 5.51. The fourth-order valence-electron chi connectivity index (χ4n) is 3.81. The van der Waals surface area contributed by atoms with Crippen LogP contribution in [-0.4, -0.2) is 20.9 Å². The molecule has 0 unspecified atom stereocenters. The fourth-order valence-corrected chi connectivity index (χ4v) is 5.26. The number of benzene rings is 4. The molecule has 8 heteroatoms. The van der Waals surface area contributed by atoms with Crippen molar-refractivity contribution in [2.75, 3.05) is 16.2 Å². The van der Waals surface area contributed by atoms with Gasteiger partial charge in [-0.1, -0.05) is 48.5 Å². The summed E-state index contributed by atoms with van der Waals surface area (Å²) in [6.07, 6.45) is 0. The van der Waals surface area contributed by atoms with Crippen LogP contribution in [0.25, 0.3) is 21.9 Å². The highest BCUT2D eigenvalue weighted by molar-refractivity contribution is 7.92. The molecular weight excluding hydrogens is 455 g/mol. The third kappa shape index (κ3) is 3.99. The lowest BCUT2D eigenvalue weighted by molar-refractivity contribution is -0.114. The van der Waals surface area contributed by atoms with Gasteiger partial charge in [-0.2, -0.15) is 0 Å². The first-order valence-electron chi connectivity index (χ1n) is 10.5. The van der Waals surface area contributed by atoms with E-state index >= 15 is 0 Å². The number of carbonyl (C=O) groups is 1. The maximum absolute atomic E-state index is 14.6. The van der Waals surface area contributed by atoms with Gasteiger partial charge in [0.2, 0.25) is 5.91 Å². The van der Waals surface area contributed by atoms with Crippen LogP contribution >= 0.6 is 0 Å². The smallest absolute Gasteiger partial charge is 0.264 e. The van der Waals surface area contributed by atoms with E-state index < -0.39 is 28.3 Å². The number of hydrogen-bond acceptors (Lipinski definition) is 4. The van der Waals surface area contributed by atoms with Gasteiger partial charge in [0.25, 0.3) is 10.0 Å². The number of para-hydroxylation sites is 2. The van der Waals surface area contributed by atoms with E-state index in [4.69, 9.17) is 4.42 Å². The zero-order valence-electron chi connectivity index (χ0n) is 17.8. The molecule has 0 spiro atoms. The van der Waals surface area contributed by atoms with Crippen LogP contribution in [0.4, 0.5) is 15.8 Å². The van der Waals surface area contributed by atoms with E-state index in [0.717, 1.165) is 26.7 Å². The van der Waals surface area contributed by atoms with E-state index in [-0.39, 0.29) is 10.6 Å². The summed E-state index contributed by atoms with van der Waals surface area (Å²) in [4.78, 5) is 12.9. The van der Waals surface area contributed by atoms with Crippen LogP contribution in [0, 0.1) is 5.82 Å². The number of sulfonamides is 1.